The Morgan fingerprint density at radius 3 is 2.73 bits per heavy atom. The smallest absolute Gasteiger partial charge is 0.304 e. The molecular formula is C17H20FNO2S. The van der Waals surface area contributed by atoms with Gasteiger partial charge in [0, 0.05) is 28.9 Å². The number of hydrogen-bond donors (Lipinski definition) is 1. The Labute approximate surface area is 134 Å². The first kappa shape index (κ1) is 16.6. The average Bonchev–Trinajstić information content (AvgIpc) is 2.91. The van der Waals surface area contributed by atoms with Crippen LogP contribution in [0.3, 0.4) is 0 Å². The Morgan fingerprint density at radius 1 is 1.32 bits per heavy atom. The molecule has 0 aliphatic rings. The highest BCUT2D eigenvalue weighted by atomic mass is 32.1. The Kier molecular flexibility index (Phi) is 5.69. The minimum atomic E-state index is -0.780. The highest BCUT2D eigenvalue weighted by molar-refractivity contribution is 7.15. The maximum Gasteiger partial charge on any atom is 0.304 e. The van der Waals surface area contributed by atoms with Crippen molar-refractivity contribution < 1.29 is 14.3 Å². The summed E-state index contributed by atoms with van der Waals surface area (Å²) in [5.41, 5.74) is 0.873. The summed E-state index contributed by atoms with van der Waals surface area (Å²) < 4.78 is 13.3. The van der Waals surface area contributed by atoms with Gasteiger partial charge >= 0.3 is 5.97 Å². The van der Waals surface area contributed by atoms with Gasteiger partial charge < -0.3 is 5.11 Å². The number of nitrogens with zero attached hydrogens (tertiary/aromatic N) is 1. The summed E-state index contributed by atoms with van der Waals surface area (Å²) >= 11 is 1.62. The molecule has 2 rings (SSSR count). The molecule has 0 saturated carbocycles. The zero-order valence-corrected chi connectivity index (χ0v) is 13.6. The summed E-state index contributed by atoms with van der Waals surface area (Å²) in [6.45, 7) is 5.36. The largest absolute Gasteiger partial charge is 0.481 e. The molecule has 0 radical (unpaired) electrons. The molecule has 0 aliphatic carbocycles. The fraction of sp³-hybridized carbons (Fsp3) is 0.353. The summed E-state index contributed by atoms with van der Waals surface area (Å²) in [5.74, 6) is -1.02. The number of aliphatic carboxylic acids is 1. The fourth-order valence-electron chi connectivity index (χ4n) is 2.22. The van der Waals surface area contributed by atoms with Crippen LogP contribution in [-0.4, -0.2) is 28.6 Å². The molecule has 1 aromatic heterocycles. The average molecular weight is 321 g/mol. The zero-order valence-electron chi connectivity index (χ0n) is 12.8. The van der Waals surface area contributed by atoms with Crippen LogP contribution in [0.4, 0.5) is 4.39 Å². The van der Waals surface area contributed by atoms with E-state index in [1.54, 1.807) is 17.4 Å². The van der Waals surface area contributed by atoms with Crippen molar-refractivity contribution >= 4 is 17.3 Å². The van der Waals surface area contributed by atoms with Crippen LogP contribution in [0.1, 0.15) is 25.1 Å². The number of benzene rings is 1. The van der Waals surface area contributed by atoms with Gasteiger partial charge in [0.1, 0.15) is 5.82 Å². The van der Waals surface area contributed by atoms with Gasteiger partial charge in [-0.3, -0.25) is 9.69 Å². The molecule has 0 saturated heterocycles. The maximum atomic E-state index is 13.3. The van der Waals surface area contributed by atoms with E-state index < -0.39 is 5.97 Å². The van der Waals surface area contributed by atoms with Gasteiger partial charge in [0.05, 0.1) is 6.42 Å². The van der Waals surface area contributed by atoms with Gasteiger partial charge in [0.2, 0.25) is 0 Å². The Bertz CT molecular complexity index is 639. The van der Waals surface area contributed by atoms with Crippen LogP contribution in [-0.2, 0) is 11.3 Å². The normalized spacial score (nSPS) is 11.3. The van der Waals surface area contributed by atoms with E-state index in [0.29, 0.717) is 13.1 Å². The molecule has 1 aromatic carbocycles. The van der Waals surface area contributed by atoms with E-state index >= 15 is 0 Å². The molecule has 0 bridgehead atoms. The highest BCUT2D eigenvalue weighted by Gasteiger charge is 2.13. The lowest BCUT2D eigenvalue weighted by molar-refractivity contribution is -0.137. The lowest BCUT2D eigenvalue weighted by Gasteiger charge is -2.25. The number of thiophene rings is 1. The second-order valence-corrected chi connectivity index (χ2v) is 6.65. The number of carboxylic acid groups (broad SMARTS) is 1. The van der Waals surface area contributed by atoms with Gasteiger partial charge in [0.15, 0.2) is 0 Å². The van der Waals surface area contributed by atoms with E-state index in [1.165, 1.54) is 12.1 Å². The van der Waals surface area contributed by atoms with Crippen LogP contribution in [0.25, 0.3) is 10.4 Å². The molecule has 5 heteroatoms. The highest BCUT2D eigenvalue weighted by Crippen LogP contribution is 2.29. The van der Waals surface area contributed by atoms with Crippen molar-refractivity contribution in [3.8, 4) is 10.4 Å². The molecule has 1 N–H and O–H groups in total. The van der Waals surface area contributed by atoms with Gasteiger partial charge in [-0.15, -0.1) is 11.3 Å². The van der Waals surface area contributed by atoms with E-state index in [2.05, 4.69) is 18.7 Å². The standard InChI is InChI=1S/C17H20FNO2S/c1-12(2)19(9-8-17(20)21)11-15-6-7-16(22-15)13-4-3-5-14(18)10-13/h3-7,10,12H,8-9,11H2,1-2H3,(H,20,21). The minimum Gasteiger partial charge on any atom is -0.481 e. The molecule has 0 spiro atoms. The first-order chi connectivity index (χ1) is 10.5. The van der Waals surface area contributed by atoms with Crippen LogP contribution in [0, 0.1) is 5.82 Å². The molecule has 0 atom stereocenters. The first-order valence-corrected chi connectivity index (χ1v) is 8.08. The number of carbonyl (C=O) groups is 1. The minimum absolute atomic E-state index is 0.139. The maximum absolute atomic E-state index is 13.3. The summed E-state index contributed by atoms with van der Waals surface area (Å²) in [4.78, 5) is 15.1. The van der Waals surface area contributed by atoms with Crippen molar-refractivity contribution in [2.45, 2.75) is 32.9 Å². The number of halogens is 1. The number of carboxylic acids is 1. The molecule has 22 heavy (non-hydrogen) atoms. The van der Waals surface area contributed by atoms with Gasteiger partial charge in [-0.1, -0.05) is 12.1 Å². The van der Waals surface area contributed by atoms with E-state index in [1.807, 2.05) is 18.2 Å². The monoisotopic (exact) mass is 321 g/mol. The van der Waals surface area contributed by atoms with E-state index in [-0.39, 0.29) is 18.3 Å². The van der Waals surface area contributed by atoms with Gasteiger partial charge in [-0.25, -0.2) is 4.39 Å². The molecule has 0 amide bonds. The van der Waals surface area contributed by atoms with Crippen molar-refractivity contribution in [2.24, 2.45) is 0 Å². The SMILES string of the molecule is CC(C)N(CCC(=O)O)Cc1ccc(-c2cccc(F)c2)s1. The molecule has 118 valence electrons. The molecule has 0 unspecified atom stereocenters. The van der Waals surface area contributed by atoms with Crippen molar-refractivity contribution in [1.29, 1.82) is 0 Å². The fourth-order valence-corrected chi connectivity index (χ4v) is 3.25. The number of hydrogen-bond acceptors (Lipinski definition) is 3. The third-order valence-electron chi connectivity index (χ3n) is 3.47. The van der Waals surface area contributed by atoms with Crippen molar-refractivity contribution in [3.63, 3.8) is 0 Å². The van der Waals surface area contributed by atoms with E-state index in [9.17, 15) is 9.18 Å². The number of rotatable bonds is 7. The van der Waals surface area contributed by atoms with Crippen LogP contribution >= 0.6 is 11.3 Å². The summed E-state index contributed by atoms with van der Waals surface area (Å²) in [6, 6.07) is 10.9. The van der Waals surface area contributed by atoms with Crippen LogP contribution in [0.15, 0.2) is 36.4 Å². The lowest BCUT2D eigenvalue weighted by Crippen LogP contribution is -2.32. The van der Waals surface area contributed by atoms with Gasteiger partial charge in [-0.2, -0.15) is 0 Å². The van der Waals surface area contributed by atoms with Crippen molar-refractivity contribution in [3.05, 3.63) is 47.1 Å². The predicted molar refractivity (Wildman–Crippen MR) is 87.5 cm³/mol. The summed E-state index contributed by atoms with van der Waals surface area (Å²) in [7, 11) is 0. The second kappa shape index (κ2) is 7.51. The summed E-state index contributed by atoms with van der Waals surface area (Å²) in [6.07, 6.45) is 0.139. The Hall–Kier alpha value is -1.72. The Morgan fingerprint density at radius 2 is 2.09 bits per heavy atom. The van der Waals surface area contributed by atoms with Crippen molar-refractivity contribution in [1.82, 2.24) is 4.90 Å². The van der Waals surface area contributed by atoms with E-state index in [4.69, 9.17) is 5.11 Å². The summed E-state index contributed by atoms with van der Waals surface area (Å²) in [5, 5.41) is 8.83. The molecule has 3 nitrogen and oxygen atoms in total. The Balaban J connectivity index is 2.08. The third kappa shape index (κ3) is 4.64. The topological polar surface area (TPSA) is 40.5 Å². The first-order valence-electron chi connectivity index (χ1n) is 7.26. The quantitative estimate of drug-likeness (QED) is 0.829. The lowest BCUT2D eigenvalue weighted by atomic mass is 10.2. The molecule has 0 fully saturated rings. The van der Waals surface area contributed by atoms with Gasteiger partial charge in [0.25, 0.3) is 0 Å². The third-order valence-corrected chi connectivity index (χ3v) is 4.59. The molecular weight excluding hydrogens is 301 g/mol. The van der Waals surface area contributed by atoms with Crippen LogP contribution in [0.2, 0.25) is 0 Å². The van der Waals surface area contributed by atoms with E-state index in [0.717, 1.165) is 15.3 Å². The van der Waals surface area contributed by atoms with Crippen LogP contribution in [0.5, 0.6) is 0 Å². The molecule has 0 aliphatic heterocycles. The predicted octanol–water partition coefficient (Wildman–Crippen LogP) is 4.24. The van der Waals surface area contributed by atoms with Crippen LogP contribution < -0.4 is 0 Å². The van der Waals surface area contributed by atoms with Crippen molar-refractivity contribution in [2.75, 3.05) is 6.54 Å². The molecule has 1 heterocycles. The van der Waals surface area contributed by atoms with Gasteiger partial charge in [-0.05, 0) is 43.7 Å². The second-order valence-electron chi connectivity index (χ2n) is 5.48. The zero-order chi connectivity index (χ0) is 16.1. The molecule has 2 aromatic rings.